The van der Waals surface area contributed by atoms with Crippen LogP contribution in [0, 0.1) is 0 Å². The number of morpholine rings is 1. The Morgan fingerprint density at radius 2 is 1.97 bits per heavy atom. The van der Waals surface area contributed by atoms with E-state index in [2.05, 4.69) is 10.0 Å². The summed E-state index contributed by atoms with van der Waals surface area (Å²) >= 11 is 1.12. The molecular formula is C20H21N3O6S2. The molecule has 2 amide bonds. The normalized spacial score (nSPS) is 18.7. The van der Waals surface area contributed by atoms with Gasteiger partial charge in [-0.15, -0.1) is 11.8 Å². The topological polar surface area (TPSA) is 114 Å². The predicted octanol–water partition coefficient (Wildman–Crippen LogP) is 1.77. The Kier molecular flexibility index (Phi) is 6.08. The zero-order valence-electron chi connectivity index (χ0n) is 16.7. The highest BCUT2D eigenvalue weighted by Crippen LogP contribution is 2.38. The molecule has 31 heavy (non-hydrogen) atoms. The van der Waals surface area contributed by atoms with Gasteiger partial charge in [-0.05, 0) is 30.3 Å². The molecule has 0 unspecified atom stereocenters. The fourth-order valence-corrected chi connectivity index (χ4v) is 5.45. The minimum Gasteiger partial charge on any atom is -0.495 e. The minimum absolute atomic E-state index is 0.0176. The number of hydrogen-bond acceptors (Lipinski definition) is 7. The highest BCUT2D eigenvalue weighted by atomic mass is 32.2. The van der Waals surface area contributed by atoms with Gasteiger partial charge in [-0.25, -0.2) is 8.42 Å². The van der Waals surface area contributed by atoms with E-state index >= 15 is 0 Å². The van der Waals surface area contributed by atoms with E-state index in [9.17, 15) is 18.0 Å². The molecule has 2 aromatic carbocycles. The Labute approximate surface area is 184 Å². The van der Waals surface area contributed by atoms with Crippen molar-refractivity contribution < 1.29 is 27.5 Å². The highest BCUT2D eigenvalue weighted by molar-refractivity contribution is 8.01. The fraction of sp³-hybridized carbons (Fsp3) is 0.300. The first-order chi connectivity index (χ1) is 14.9. The lowest BCUT2D eigenvalue weighted by atomic mass is 10.2. The third kappa shape index (κ3) is 4.48. The van der Waals surface area contributed by atoms with Crippen molar-refractivity contribution in [1.29, 1.82) is 0 Å². The number of methoxy groups -OCH3 is 1. The van der Waals surface area contributed by atoms with Gasteiger partial charge < -0.3 is 19.7 Å². The first kappa shape index (κ1) is 21.5. The molecule has 2 N–H and O–H groups in total. The number of nitrogens with one attached hydrogen (secondary N) is 2. The van der Waals surface area contributed by atoms with E-state index < -0.39 is 21.2 Å². The Bertz CT molecular complexity index is 1120. The summed E-state index contributed by atoms with van der Waals surface area (Å²) in [7, 11) is -2.47. The second-order valence-corrected chi connectivity index (χ2v) is 9.72. The second kappa shape index (κ2) is 8.77. The average molecular weight is 464 g/mol. The van der Waals surface area contributed by atoms with Gasteiger partial charge in [0.25, 0.3) is 10.0 Å². The number of carbonyl (C=O) groups excluding carboxylic acids is 2. The summed E-state index contributed by atoms with van der Waals surface area (Å²) in [5.41, 5.74) is 0.654. The predicted molar refractivity (Wildman–Crippen MR) is 116 cm³/mol. The molecule has 0 saturated carbocycles. The number of thioether (sulfide) groups is 1. The summed E-state index contributed by atoms with van der Waals surface area (Å²) in [6, 6.07) is 11.1. The van der Waals surface area contributed by atoms with Gasteiger partial charge in [-0.3, -0.25) is 14.3 Å². The van der Waals surface area contributed by atoms with Crippen LogP contribution in [0.4, 0.5) is 11.4 Å². The molecule has 11 heteroatoms. The molecule has 2 aliphatic heterocycles. The summed E-state index contributed by atoms with van der Waals surface area (Å²) in [4.78, 5) is 27.5. The summed E-state index contributed by atoms with van der Waals surface area (Å²) in [5.74, 6) is -0.357. The first-order valence-electron chi connectivity index (χ1n) is 9.53. The number of anilines is 2. The summed E-state index contributed by atoms with van der Waals surface area (Å²) in [5, 5.41) is 1.76. The van der Waals surface area contributed by atoms with Gasteiger partial charge in [0.15, 0.2) is 5.25 Å². The van der Waals surface area contributed by atoms with Crippen molar-refractivity contribution in [2.24, 2.45) is 0 Å². The summed E-state index contributed by atoms with van der Waals surface area (Å²) in [6.45, 7) is 1.78. The van der Waals surface area contributed by atoms with Crippen LogP contribution in [0.25, 0.3) is 0 Å². The molecule has 1 fully saturated rings. The number of para-hydroxylation sites is 2. The smallest absolute Gasteiger partial charge is 0.262 e. The van der Waals surface area contributed by atoms with Crippen molar-refractivity contribution >= 4 is 45.0 Å². The van der Waals surface area contributed by atoms with Gasteiger partial charge in [0, 0.05) is 18.0 Å². The maximum Gasteiger partial charge on any atom is 0.262 e. The van der Waals surface area contributed by atoms with Crippen LogP contribution in [0.2, 0.25) is 0 Å². The largest absolute Gasteiger partial charge is 0.495 e. The van der Waals surface area contributed by atoms with Crippen LogP contribution < -0.4 is 14.8 Å². The molecule has 4 rings (SSSR count). The molecule has 9 nitrogen and oxygen atoms in total. The number of rotatable bonds is 5. The monoisotopic (exact) mass is 463 g/mol. The molecule has 0 spiro atoms. The number of carbonyl (C=O) groups is 2. The fourth-order valence-electron chi connectivity index (χ4n) is 3.30. The number of sulfonamides is 1. The van der Waals surface area contributed by atoms with Crippen molar-refractivity contribution in [3.05, 3.63) is 42.5 Å². The zero-order chi connectivity index (χ0) is 22.0. The van der Waals surface area contributed by atoms with Crippen LogP contribution >= 0.6 is 11.8 Å². The molecule has 2 heterocycles. The SMILES string of the molecule is COc1ccccc1NS(=O)(=O)c1ccc2c(c1)NC(=O)[C@H](C(=O)N1CCOCC1)S2. The van der Waals surface area contributed by atoms with Gasteiger partial charge in [-0.1, -0.05) is 12.1 Å². The lowest BCUT2D eigenvalue weighted by Crippen LogP contribution is -2.49. The highest BCUT2D eigenvalue weighted by Gasteiger charge is 2.36. The molecule has 2 aliphatic rings. The molecule has 1 atom stereocenters. The van der Waals surface area contributed by atoms with Crippen LogP contribution in [0.15, 0.2) is 52.3 Å². The Morgan fingerprint density at radius 3 is 2.71 bits per heavy atom. The maximum absolute atomic E-state index is 12.9. The van der Waals surface area contributed by atoms with E-state index in [1.807, 2.05) is 0 Å². The molecule has 0 bridgehead atoms. The third-order valence-electron chi connectivity index (χ3n) is 4.90. The molecule has 0 aromatic heterocycles. The molecule has 1 saturated heterocycles. The number of nitrogens with zero attached hydrogens (tertiary/aromatic N) is 1. The van der Waals surface area contributed by atoms with Gasteiger partial charge in [0.1, 0.15) is 5.75 Å². The van der Waals surface area contributed by atoms with E-state index in [0.717, 1.165) is 11.8 Å². The zero-order valence-corrected chi connectivity index (χ0v) is 18.3. The minimum atomic E-state index is -3.92. The maximum atomic E-state index is 12.9. The molecule has 0 radical (unpaired) electrons. The van der Waals surface area contributed by atoms with Crippen molar-refractivity contribution in [2.75, 3.05) is 43.5 Å². The van der Waals surface area contributed by atoms with E-state index in [4.69, 9.17) is 9.47 Å². The van der Waals surface area contributed by atoms with Crippen molar-refractivity contribution in [3.63, 3.8) is 0 Å². The lowest BCUT2D eigenvalue weighted by molar-refractivity contribution is -0.137. The van der Waals surface area contributed by atoms with E-state index in [1.165, 1.54) is 19.2 Å². The van der Waals surface area contributed by atoms with Gasteiger partial charge in [0.05, 0.1) is 36.6 Å². The molecular weight excluding hydrogens is 442 g/mol. The Balaban J connectivity index is 1.55. The second-order valence-electron chi connectivity index (χ2n) is 6.89. The Hall–Kier alpha value is -2.76. The number of ether oxygens (including phenoxy) is 2. The van der Waals surface area contributed by atoms with Crippen LogP contribution in [0.5, 0.6) is 5.75 Å². The lowest BCUT2D eigenvalue weighted by Gasteiger charge is -2.31. The Morgan fingerprint density at radius 1 is 1.23 bits per heavy atom. The summed E-state index contributed by atoms with van der Waals surface area (Å²) < 4.78 is 38.6. The standard InChI is InChI=1S/C20H21N3O6S2/c1-28-16-5-3-2-4-14(16)22-31(26,27)13-6-7-17-15(12-13)21-19(24)18(30-17)20(25)23-8-10-29-11-9-23/h2-7,12,18,22H,8-11H2,1H3,(H,21,24)/t18-/m1/s1. The van der Waals surface area contributed by atoms with Gasteiger partial charge in [-0.2, -0.15) is 0 Å². The average Bonchev–Trinajstić information content (AvgIpc) is 2.78. The molecule has 2 aromatic rings. The van der Waals surface area contributed by atoms with Crippen LogP contribution in [0.3, 0.4) is 0 Å². The van der Waals surface area contributed by atoms with Crippen molar-refractivity contribution in [1.82, 2.24) is 4.90 Å². The van der Waals surface area contributed by atoms with E-state index in [0.29, 0.717) is 48.3 Å². The van der Waals surface area contributed by atoms with Crippen molar-refractivity contribution in [2.45, 2.75) is 15.0 Å². The first-order valence-corrected chi connectivity index (χ1v) is 11.9. The van der Waals surface area contributed by atoms with Crippen molar-refractivity contribution in [3.8, 4) is 5.75 Å². The number of benzene rings is 2. The van der Waals surface area contributed by atoms with Crippen LogP contribution in [-0.2, 0) is 24.3 Å². The quantitative estimate of drug-likeness (QED) is 0.650. The van der Waals surface area contributed by atoms with Gasteiger partial charge >= 0.3 is 0 Å². The number of hydrogen-bond donors (Lipinski definition) is 2. The molecule has 164 valence electrons. The van der Waals surface area contributed by atoms with Gasteiger partial charge in [0.2, 0.25) is 11.8 Å². The third-order valence-corrected chi connectivity index (χ3v) is 7.53. The molecule has 0 aliphatic carbocycles. The van der Waals surface area contributed by atoms with Crippen LogP contribution in [0.1, 0.15) is 0 Å². The van der Waals surface area contributed by atoms with E-state index in [-0.39, 0.29) is 10.8 Å². The van der Waals surface area contributed by atoms with E-state index in [1.54, 1.807) is 35.2 Å². The number of fused-ring (bicyclic) bond motifs is 1. The summed E-state index contributed by atoms with van der Waals surface area (Å²) in [6.07, 6.45) is 0. The van der Waals surface area contributed by atoms with Crippen LogP contribution in [-0.4, -0.2) is 63.8 Å². The number of amides is 2.